The summed E-state index contributed by atoms with van der Waals surface area (Å²) < 4.78 is 5.03. The van der Waals surface area contributed by atoms with Gasteiger partial charge in [-0.2, -0.15) is 0 Å². The zero-order chi connectivity index (χ0) is 6.15. The number of Topliss-reactive ketones (excluding diaryl/α,β-unsaturated/α-hetero) is 1. The monoisotopic (exact) mass is 114 g/mol. The van der Waals surface area contributed by atoms with Gasteiger partial charge in [0.1, 0.15) is 6.10 Å². The van der Waals surface area contributed by atoms with Crippen LogP contribution >= 0.6 is 0 Å². The molecule has 0 aromatic heterocycles. The fourth-order valence-electron chi connectivity index (χ4n) is 0.854. The maximum atomic E-state index is 10.8. The summed E-state index contributed by atoms with van der Waals surface area (Å²) in [5, 5.41) is 0. The molecule has 1 saturated heterocycles. The highest BCUT2D eigenvalue weighted by Gasteiger charge is 2.27. The fourth-order valence-corrected chi connectivity index (χ4v) is 0.854. The minimum absolute atomic E-state index is 0.130. The van der Waals surface area contributed by atoms with Gasteiger partial charge in [-0.05, 0) is 6.92 Å². The van der Waals surface area contributed by atoms with Gasteiger partial charge in [-0.25, -0.2) is 0 Å². The first-order valence-electron chi connectivity index (χ1n) is 2.87. The van der Waals surface area contributed by atoms with E-state index in [2.05, 4.69) is 0 Å². The Hall–Kier alpha value is -0.370. The molecule has 1 rings (SSSR count). The third-order valence-corrected chi connectivity index (χ3v) is 1.48. The molecule has 46 valence electrons. The molecule has 0 saturated carbocycles. The molecule has 0 spiro atoms. The second-order valence-electron chi connectivity index (χ2n) is 2.28. The standard InChI is InChI=1S/C6H10O2/c1-4-3-8-5(2)6(4)7/h4-5H,3H2,1-2H3. The summed E-state index contributed by atoms with van der Waals surface area (Å²) in [6, 6.07) is 0. The SMILES string of the molecule is CC1COC(C)C1=O. The van der Waals surface area contributed by atoms with Crippen molar-refractivity contribution in [3.63, 3.8) is 0 Å². The third-order valence-electron chi connectivity index (χ3n) is 1.48. The van der Waals surface area contributed by atoms with Gasteiger partial charge in [0, 0.05) is 5.92 Å². The van der Waals surface area contributed by atoms with E-state index in [0.717, 1.165) is 0 Å². The Labute approximate surface area is 48.8 Å². The Bertz CT molecular complexity index is 97.1. The number of carbonyl (C=O) groups excluding carboxylic acids is 1. The van der Waals surface area contributed by atoms with Gasteiger partial charge in [-0.3, -0.25) is 4.79 Å². The van der Waals surface area contributed by atoms with Crippen molar-refractivity contribution < 1.29 is 9.53 Å². The first kappa shape index (κ1) is 5.76. The van der Waals surface area contributed by atoms with Crippen molar-refractivity contribution in [1.82, 2.24) is 0 Å². The molecule has 2 heteroatoms. The molecule has 0 amide bonds. The number of rotatable bonds is 0. The largest absolute Gasteiger partial charge is 0.370 e. The molecule has 2 atom stereocenters. The van der Waals surface area contributed by atoms with Crippen LogP contribution in [-0.4, -0.2) is 18.5 Å². The van der Waals surface area contributed by atoms with Crippen molar-refractivity contribution in [1.29, 1.82) is 0 Å². The second kappa shape index (κ2) is 1.86. The lowest BCUT2D eigenvalue weighted by molar-refractivity contribution is -0.123. The minimum Gasteiger partial charge on any atom is -0.370 e. The van der Waals surface area contributed by atoms with Crippen LogP contribution in [0.2, 0.25) is 0 Å². The number of ketones is 1. The predicted octanol–water partition coefficient (Wildman–Crippen LogP) is 0.610. The quantitative estimate of drug-likeness (QED) is 0.461. The van der Waals surface area contributed by atoms with Crippen LogP contribution in [0.5, 0.6) is 0 Å². The Kier molecular flexibility index (Phi) is 1.34. The van der Waals surface area contributed by atoms with Crippen molar-refractivity contribution in [3.8, 4) is 0 Å². The molecule has 1 heterocycles. The van der Waals surface area contributed by atoms with Crippen molar-refractivity contribution in [3.05, 3.63) is 0 Å². The minimum atomic E-state index is -0.148. The molecular weight excluding hydrogens is 104 g/mol. The van der Waals surface area contributed by atoms with Gasteiger partial charge in [0.2, 0.25) is 0 Å². The first-order chi connectivity index (χ1) is 3.72. The van der Waals surface area contributed by atoms with Gasteiger partial charge in [0.05, 0.1) is 6.61 Å². The summed E-state index contributed by atoms with van der Waals surface area (Å²) in [4.78, 5) is 10.8. The van der Waals surface area contributed by atoms with Crippen LogP contribution in [-0.2, 0) is 9.53 Å². The molecule has 1 aliphatic rings. The van der Waals surface area contributed by atoms with Gasteiger partial charge in [-0.15, -0.1) is 0 Å². The number of ether oxygens (including phenoxy) is 1. The summed E-state index contributed by atoms with van der Waals surface area (Å²) in [7, 11) is 0. The Balaban J connectivity index is 2.57. The fraction of sp³-hybridized carbons (Fsp3) is 0.833. The molecular formula is C6H10O2. The maximum Gasteiger partial charge on any atom is 0.166 e. The molecule has 1 fully saturated rings. The molecule has 0 N–H and O–H groups in total. The average Bonchev–Trinajstić information content (AvgIpc) is 1.98. The Morgan fingerprint density at radius 2 is 2.25 bits per heavy atom. The Morgan fingerprint density at radius 1 is 1.62 bits per heavy atom. The highest BCUT2D eigenvalue weighted by Crippen LogP contribution is 2.13. The topological polar surface area (TPSA) is 26.3 Å². The van der Waals surface area contributed by atoms with Crippen LogP contribution in [0.1, 0.15) is 13.8 Å². The van der Waals surface area contributed by atoms with E-state index in [0.29, 0.717) is 6.61 Å². The van der Waals surface area contributed by atoms with Crippen molar-refractivity contribution in [2.45, 2.75) is 20.0 Å². The van der Waals surface area contributed by atoms with E-state index >= 15 is 0 Å². The van der Waals surface area contributed by atoms with Crippen molar-refractivity contribution >= 4 is 5.78 Å². The molecule has 0 radical (unpaired) electrons. The van der Waals surface area contributed by atoms with Gasteiger partial charge in [0.15, 0.2) is 5.78 Å². The van der Waals surface area contributed by atoms with E-state index in [-0.39, 0.29) is 17.8 Å². The van der Waals surface area contributed by atoms with E-state index in [1.807, 2.05) is 6.92 Å². The molecule has 0 aliphatic carbocycles. The van der Waals surface area contributed by atoms with Gasteiger partial charge >= 0.3 is 0 Å². The van der Waals surface area contributed by atoms with Crippen molar-refractivity contribution in [2.75, 3.05) is 6.61 Å². The second-order valence-corrected chi connectivity index (χ2v) is 2.28. The smallest absolute Gasteiger partial charge is 0.166 e. The summed E-state index contributed by atoms with van der Waals surface area (Å²) in [5.41, 5.74) is 0. The highest BCUT2D eigenvalue weighted by atomic mass is 16.5. The molecule has 8 heavy (non-hydrogen) atoms. The zero-order valence-corrected chi connectivity index (χ0v) is 5.18. The zero-order valence-electron chi connectivity index (χ0n) is 5.18. The molecule has 0 aromatic rings. The number of hydrogen-bond acceptors (Lipinski definition) is 2. The highest BCUT2D eigenvalue weighted by molar-refractivity contribution is 5.86. The van der Waals surface area contributed by atoms with E-state index < -0.39 is 0 Å². The van der Waals surface area contributed by atoms with Gasteiger partial charge in [0.25, 0.3) is 0 Å². The Morgan fingerprint density at radius 3 is 2.38 bits per heavy atom. The van der Waals surface area contributed by atoms with E-state index in [1.54, 1.807) is 6.92 Å². The molecule has 1 aliphatic heterocycles. The van der Waals surface area contributed by atoms with E-state index in [9.17, 15) is 4.79 Å². The van der Waals surface area contributed by atoms with Crippen LogP contribution < -0.4 is 0 Å². The predicted molar refractivity (Wildman–Crippen MR) is 29.6 cm³/mol. The van der Waals surface area contributed by atoms with E-state index in [4.69, 9.17) is 4.74 Å². The lowest BCUT2D eigenvalue weighted by Gasteiger charge is -1.94. The number of carbonyl (C=O) groups is 1. The van der Waals surface area contributed by atoms with Crippen LogP contribution in [0, 0.1) is 5.92 Å². The average molecular weight is 114 g/mol. The lowest BCUT2D eigenvalue weighted by atomic mass is 10.1. The van der Waals surface area contributed by atoms with Crippen molar-refractivity contribution in [2.24, 2.45) is 5.92 Å². The summed E-state index contributed by atoms with van der Waals surface area (Å²) in [5.74, 6) is 0.370. The van der Waals surface area contributed by atoms with Crippen LogP contribution in [0.3, 0.4) is 0 Å². The molecule has 0 bridgehead atoms. The van der Waals surface area contributed by atoms with Crippen LogP contribution in [0.25, 0.3) is 0 Å². The normalized spacial score (nSPS) is 38.5. The maximum absolute atomic E-state index is 10.8. The molecule has 0 aromatic carbocycles. The first-order valence-corrected chi connectivity index (χ1v) is 2.87. The van der Waals surface area contributed by atoms with E-state index in [1.165, 1.54) is 0 Å². The molecule has 2 unspecified atom stereocenters. The summed E-state index contributed by atoms with van der Waals surface area (Å²) >= 11 is 0. The van der Waals surface area contributed by atoms with Crippen LogP contribution in [0.15, 0.2) is 0 Å². The summed E-state index contributed by atoms with van der Waals surface area (Å²) in [6.45, 7) is 4.30. The van der Waals surface area contributed by atoms with Gasteiger partial charge < -0.3 is 4.74 Å². The molecule has 2 nitrogen and oxygen atoms in total. The lowest BCUT2D eigenvalue weighted by Crippen LogP contribution is -2.13. The third kappa shape index (κ3) is 0.757. The summed E-state index contributed by atoms with van der Waals surface area (Å²) in [6.07, 6.45) is -0.148. The van der Waals surface area contributed by atoms with Gasteiger partial charge in [-0.1, -0.05) is 6.92 Å². The van der Waals surface area contributed by atoms with Crippen LogP contribution in [0.4, 0.5) is 0 Å². The number of hydrogen-bond donors (Lipinski definition) is 0.